The van der Waals surface area contributed by atoms with E-state index in [1.54, 1.807) is 0 Å². The number of nitrogens with zero attached hydrogens (tertiary/aromatic N) is 4. The van der Waals surface area contributed by atoms with Crippen molar-refractivity contribution < 1.29 is 22.0 Å². The standard InChI is InChI=1S/C25H28F2N4O3S2/c1-5-12-30(13-6-2)36(33,34)20-10-8-18(9-11-20)24(32)31(15-7-14-29(3)4)25-28-23-21(27)16-19(26)17-22(23)35-25/h5-6,8-11,16-17H,1-2,7,12-15H2,3-4H3. The van der Waals surface area contributed by atoms with Crippen molar-refractivity contribution >= 4 is 42.6 Å². The quantitative estimate of drug-likeness (QED) is 0.319. The molecule has 36 heavy (non-hydrogen) atoms. The van der Waals surface area contributed by atoms with E-state index in [-0.39, 0.29) is 40.7 Å². The normalized spacial score (nSPS) is 11.8. The second kappa shape index (κ2) is 11.8. The minimum Gasteiger partial charge on any atom is -0.309 e. The molecule has 3 aromatic rings. The number of benzene rings is 2. The predicted octanol–water partition coefficient (Wildman–Crippen LogP) is 4.54. The molecule has 0 unspecified atom stereocenters. The van der Waals surface area contributed by atoms with E-state index in [2.05, 4.69) is 18.1 Å². The van der Waals surface area contributed by atoms with Gasteiger partial charge in [-0.15, -0.1) is 13.2 Å². The molecule has 0 saturated carbocycles. The van der Waals surface area contributed by atoms with Gasteiger partial charge in [0.25, 0.3) is 5.91 Å². The van der Waals surface area contributed by atoms with Crippen LogP contribution >= 0.6 is 11.3 Å². The zero-order valence-electron chi connectivity index (χ0n) is 20.2. The third kappa shape index (κ3) is 6.22. The van der Waals surface area contributed by atoms with Crippen molar-refractivity contribution in [2.45, 2.75) is 11.3 Å². The maximum Gasteiger partial charge on any atom is 0.260 e. The summed E-state index contributed by atoms with van der Waals surface area (Å²) >= 11 is 1.02. The molecule has 0 N–H and O–H groups in total. The molecule has 1 heterocycles. The van der Waals surface area contributed by atoms with Crippen molar-refractivity contribution in [1.82, 2.24) is 14.2 Å². The van der Waals surface area contributed by atoms with Crippen LogP contribution in [0.2, 0.25) is 0 Å². The molecule has 0 radical (unpaired) electrons. The number of sulfonamides is 1. The minimum atomic E-state index is -3.82. The van der Waals surface area contributed by atoms with E-state index in [1.807, 2.05) is 19.0 Å². The van der Waals surface area contributed by atoms with Crippen molar-refractivity contribution in [3.63, 3.8) is 0 Å². The van der Waals surface area contributed by atoms with Crippen LogP contribution < -0.4 is 4.90 Å². The fourth-order valence-corrected chi connectivity index (χ4v) is 5.93. The molecule has 0 spiro atoms. The molecule has 0 aliphatic rings. The summed E-state index contributed by atoms with van der Waals surface area (Å²) in [5, 5.41) is 0.234. The Kier molecular flexibility index (Phi) is 9.07. The van der Waals surface area contributed by atoms with Crippen molar-refractivity contribution in [1.29, 1.82) is 0 Å². The first-order valence-electron chi connectivity index (χ1n) is 11.1. The van der Waals surface area contributed by atoms with Gasteiger partial charge in [0, 0.05) is 31.3 Å². The summed E-state index contributed by atoms with van der Waals surface area (Å²) in [7, 11) is -0.00532. The number of fused-ring (bicyclic) bond motifs is 1. The number of carbonyl (C=O) groups excluding carboxylic acids is 1. The van der Waals surface area contributed by atoms with Gasteiger partial charge >= 0.3 is 0 Å². The Bertz CT molecular complexity index is 1350. The summed E-state index contributed by atoms with van der Waals surface area (Å²) in [4.78, 5) is 21.1. The molecule has 0 aliphatic carbocycles. The second-order valence-electron chi connectivity index (χ2n) is 8.27. The van der Waals surface area contributed by atoms with Crippen LogP contribution in [0.3, 0.4) is 0 Å². The van der Waals surface area contributed by atoms with Gasteiger partial charge in [-0.3, -0.25) is 9.69 Å². The van der Waals surface area contributed by atoms with Gasteiger partial charge in [0.1, 0.15) is 11.3 Å². The third-order valence-electron chi connectivity index (χ3n) is 5.27. The van der Waals surface area contributed by atoms with Crippen LogP contribution in [0, 0.1) is 11.6 Å². The molecule has 7 nitrogen and oxygen atoms in total. The summed E-state index contributed by atoms with van der Waals surface area (Å²) < 4.78 is 55.4. The maximum absolute atomic E-state index is 14.3. The highest BCUT2D eigenvalue weighted by atomic mass is 32.2. The number of carbonyl (C=O) groups is 1. The lowest BCUT2D eigenvalue weighted by Crippen LogP contribution is -2.33. The summed E-state index contributed by atoms with van der Waals surface area (Å²) in [5.74, 6) is -1.95. The summed E-state index contributed by atoms with van der Waals surface area (Å²) in [6.45, 7) is 8.39. The Morgan fingerprint density at radius 2 is 1.69 bits per heavy atom. The van der Waals surface area contributed by atoms with Crippen LogP contribution in [0.25, 0.3) is 10.2 Å². The van der Waals surface area contributed by atoms with Gasteiger partial charge in [0.05, 0.1) is 9.60 Å². The Morgan fingerprint density at radius 1 is 1.06 bits per heavy atom. The second-order valence-corrected chi connectivity index (χ2v) is 11.2. The molecule has 0 aliphatic heterocycles. The first-order chi connectivity index (χ1) is 17.1. The molecule has 2 aromatic carbocycles. The molecule has 3 rings (SSSR count). The van der Waals surface area contributed by atoms with Gasteiger partial charge in [-0.2, -0.15) is 4.31 Å². The number of amides is 1. The monoisotopic (exact) mass is 534 g/mol. The number of hydrogen-bond donors (Lipinski definition) is 0. The van der Waals surface area contributed by atoms with E-state index in [0.717, 1.165) is 17.4 Å². The minimum absolute atomic E-state index is 0.00669. The summed E-state index contributed by atoms with van der Waals surface area (Å²) in [6, 6.07) is 7.54. The fraction of sp³-hybridized carbons (Fsp3) is 0.280. The van der Waals surface area contributed by atoms with Crippen LogP contribution in [0.4, 0.5) is 13.9 Å². The number of anilines is 1. The Hall–Kier alpha value is -2.99. The third-order valence-corrected chi connectivity index (χ3v) is 8.14. The number of thiazole rings is 1. The zero-order chi connectivity index (χ0) is 26.5. The van der Waals surface area contributed by atoms with E-state index >= 15 is 0 Å². The molecule has 11 heteroatoms. The van der Waals surface area contributed by atoms with Crippen LogP contribution in [-0.4, -0.2) is 68.8 Å². The maximum atomic E-state index is 14.3. The van der Waals surface area contributed by atoms with Crippen molar-refractivity contribution in [2.24, 2.45) is 0 Å². The largest absolute Gasteiger partial charge is 0.309 e. The molecule has 0 atom stereocenters. The molecule has 0 fully saturated rings. The fourth-order valence-electron chi connectivity index (χ4n) is 3.52. The SMILES string of the molecule is C=CCN(CC=C)S(=O)(=O)c1ccc(C(=O)N(CCCN(C)C)c2nc3c(F)cc(F)cc3s2)cc1. The van der Waals surface area contributed by atoms with E-state index in [0.29, 0.717) is 17.7 Å². The average molecular weight is 535 g/mol. The Balaban J connectivity index is 1.94. The van der Waals surface area contributed by atoms with Gasteiger partial charge in [0.2, 0.25) is 10.0 Å². The van der Waals surface area contributed by atoms with Gasteiger partial charge in [0.15, 0.2) is 10.9 Å². The van der Waals surface area contributed by atoms with Crippen molar-refractivity contribution in [2.75, 3.05) is 45.2 Å². The number of halogens is 2. The first kappa shape index (κ1) is 27.6. The molecule has 1 amide bonds. The highest BCUT2D eigenvalue weighted by Crippen LogP contribution is 2.32. The molecule has 192 valence electrons. The predicted molar refractivity (Wildman–Crippen MR) is 140 cm³/mol. The van der Waals surface area contributed by atoms with Crippen molar-refractivity contribution in [3.8, 4) is 0 Å². The van der Waals surface area contributed by atoms with Crippen LogP contribution in [0.1, 0.15) is 16.8 Å². The Morgan fingerprint density at radius 3 is 2.28 bits per heavy atom. The van der Waals surface area contributed by atoms with Gasteiger partial charge < -0.3 is 4.90 Å². The lowest BCUT2D eigenvalue weighted by atomic mass is 10.2. The van der Waals surface area contributed by atoms with E-state index in [1.165, 1.54) is 51.7 Å². The van der Waals surface area contributed by atoms with Gasteiger partial charge in [-0.1, -0.05) is 23.5 Å². The smallest absolute Gasteiger partial charge is 0.260 e. The highest BCUT2D eigenvalue weighted by Gasteiger charge is 2.25. The van der Waals surface area contributed by atoms with Crippen LogP contribution in [0.15, 0.2) is 66.6 Å². The van der Waals surface area contributed by atoms with Gasteiger partial charge in [-0.05, 0) is 57.4 Å². The van der Waals surface area contributed by atoms with Crippen LogP contribution in [-0.2, 0) is 10.0 Å². The Labute approximate surface area is 214 Å². The first-order valence-corrected chi connectivity index (χ1v) is 13.4. The number of aromatic nitrogens is 1. The van der Waals surface area contributed by atoms with Crippen LogP contribution in [0.5, 0.6) is 0 Å². The van der Waals surface area contributed by atoms with Gasteiger partial charge in [-0.25, -0.2) is 22.2 Å². The van der Waals surface area contributed by atoms with E-state index < -0.39 is 27.6 Å². The van der Waals surface area contributed by atoms with E-state index in [9.17, 15) is 22.0 Å². The molecular formula is C25H28F2N4O3S2. The lowest BCUT2D eigenvalue weighted by Gasteiger charge is -2.22. The highest BCUT2D eigenvalue weighted by molar-refractivity contribution is 7.89. The van der Waals surface area contributed by atoms with Crippen molar-refractivity contribution in [3.05, 3.63) is 78.9 Å². The summed E-state index contributed by atoms with van der Waals surface area (Å²) in [6.07, 6.45) is 3.57. The topological polar surface area (TPSA) is 73.8 Å². The number of rotatable bonds is 12. The average Bonchev–Trinajstić information content (AvgIpc) is 3.25. The molecular weight excluding hydrogens is 506 g/mol. The van der Waals surface area contributed by atoms with E-state index in [4.69, 9.17) is 0 Å². The number of hydrogen-bond acceptors (Lipinski definition) is 6. The zero-order valence-corrected chi connectivity index (χ0v) is 21.8. The molecule has 0 bridgehead atoms. The molecule has 0 saturated heterocycles. The summed E-state index contributed by atoms with van der Waals surface area (Å²) in [5.41, 5.74) is 0.233. The lowest BCUT2D eigenvalue weighted by molar-refractivity contribution is 0.0986. The molecule has 1 aromatic heterocycles.